The fourth-order valence-corrected chi connectivity index (χ4v) is 2.67. The second kappa shape index (κ2) is 9.01. The molecular weight excluding hydrogens is 278 g/mol. The molecular formula is C17H35N3O2. The zero-order valence-electron chi connectivity index (χ0n) is 15.4. The first-order valence-electron chi connectivity index (χ1n) is 8.38. The van der Waals surface area contributed by atoms with Gasteiger partial charge in [0, 0.05) is 24.0 Å². The van der Waals surface area contributed by atoms with Crippen molar-refractivity contribution in [2.45, 2.75) is 85.2 Å². The molecule has 0 bridgehead atoms. The maximum absolute atomic E-state index is 12.1. The van der Waals surface area contributed by atoms with Crippen molar-refractivity contribution in [2.75, 3.05) is 6.54 Å². The van der Waals surface area contributed by atoms with Crippen LogP contribution < -0.4 is 16.0 Å². The minimum Gasteiger partial charge on any atom is -0.351 e. The first kappa shape index (κ1) is 20.7. The quantitative estimate of drug-likeness (QED) is 0.612. The van der Waals surface area contributed by atoms with E-state index in [4.69, 9.17) is 0 Å². The SMILES string of the molecule is CCCNC(=O)NC(C)(C)CC(C)(C)NC(=O)CC(C)CC. The maximum atomic E-state index is 12.1. The summed E-state index contributed by atoms with van der Waals surface area (Å²) in [6.45, 7) is 14.8. The van der Waals surface area contributed by atoms with Crippen LogP contribution >= 0.6 is 0 Å². The third-order valence-electron chi connectivity index (χ3n) is 3.58. The summed E-state index contributed by atoms with van der Waals surface area (Å²) in [4.78, 5) is 23.9. The molecule has 1 atom stereocenters. The van der Waals surface area contributed by atoms with Crippen LogP contribution in [0.15, 0.2) is 0 Å². The monoisotopic (exact) mass is 313 g/mol. The third kappa shape index (κ3) is 9.64. The van der Waals surface area contributed by atoms with Gasteiger partial charge in [0.2, 0.25) is 5.91 Å². The molecule has 1 unspecified atom stereocenters. The first-order valence-corrected chi connectivity index (χ1v) is 8.38. The highest BCUT2D eigenvalue weighted by molar-refractivity contribution is 5.77. The lowest BCUT2D eigenvalue weighted by Crippen LogP contribution is -2.55. The van der Waals surface area contributed by atoms with Gasteiger partial charge in [0.1, 0.15) is 0 Å². The number of carbonyl (C=O) groups excluding carboxylic acids is 2. The van der Waals surface area contributed by atoms with Gasteiger partial charge in [-0.25, -0.2) is 4.79 Å². The van der Waals surface area contributed by atoms with Crippen LogP contribution in [0, 0.1) is 5.92 Å². The molecule has 0 fully saturated rings. The molecule has 5 heteroatoms. The predicted octanol–water partition coefficient (Wildman–Crippen LogP) is 3.20. The second-order valence-electron chi connectivity index (χ2n) is 7.59. The van der Waals surface area contributed by atoms with Gasteiger partial charge in [-0.2, -0.15) is 0 Å². The molecule has 130 valence electrons. The Hall–Kier alpha value is -1.26. The number of carbonyl (C=O) groups is 2. The van der Waals surface area contributed by atoms with Crippen LogP contribution in [0.3, 0.4) is 0 Å². The summed E-state index contributed by atoms with van der Waals surface area (Å²) in [6.07, 6.45) is 3.11. The molecule has 0 aliphatic carbocycles. The van der Waals surface area contributed by atoms with Gasteiger partial charge in [-0.15, -0.1) is 0 Å². The summed E-state index contributed by atoms with van der Waals surface area (Å²) in [6, 6.07) is -0.159. The van der Waals surface area contributed by atoms with Gasteiger partial charge in [-0.3, -0.25) is 4.79 Å². The molecule has 0 rings (SSSR count). The molecule has 3 amide bonds. The average molecular weight is 313 g/mol. The van der Waals surface area contributed by atoms with Crippen molar-refractivity contribution in [2.24, 2.45) is 5.92 Å². The smallest absolute Gasteiger partial charge is 0.315 e. The van der Waals surface area contributed by atoms with Crippen molar-refractivity contribution in [1.29, 1.82) is 0 Å². The van der Waals surface area contributed by atoms with E-state index in [1.165, 1.54) is 0 Å². The van der Waals surface area contributed by atoms with Crippen LogP contribution in [0.5, 0.6) is 0 Å². The molecule has 22 heavy (non-hydrogen) atoms. The molecule has 0 heterocycles. The highest BCUT2D eigenvalue weighted by atomic mass is 16.2. The largest absolute Gasteiger partial charge is 0.351 e. The van der Waals surface area contributed by atoms with Crippen LogP contribution in [-0.2, 0) is 4.79 Å². The van der Waals surface area contributed by atoms with Gasteiger partial charge in [0.25, 0.3) is 0 Å². The summed E-state index contributed by atoms with van der Waals surface area (Å²) in [7, 11) is 0. The first-order chi connectivity index (χ1) is 10.0. The van der Waals surface area contributed by atoms with E-state index >= 15 is 0 Å². The molecule has 0 aliphatic heterocycles. The number of amides is 3. The molecule has 0 spiro atoms. The number of hydrogen-bond acceptors (Lipinski definition) is 2. The Morgan fingerprint density at radius 2 is 1.55 bits per heavy atom. The predicted molar refractivity (Wildman–Crippen MR) is 91.8 cm³/mol. The van der Waals surface area contributed by atoms with Crippen molar-refractivity contribution in [1.82, 2.24) is 16.0 Å². The summed E-state index contributed by atoms with van der Waals surface area (Å²) in [5, 5.41) is 8.87. The van der Waals surface area contributed by atoms with Crippen LogP contribution in [-0.4, -0.2) is 29.6 Å². The highest BCUT2D eigenvalue weighted by Gasteiger charge is 2.31. The Kier molecular flexibility index (Phi) is 8.49. The standard InChI is InChI=1S/C17H35N3O2/c1-8-10-18-15(22)20-17(6,7)12-16(4,5)19-14(21)11-13(3)9-2/h13H,8-12H2,1-7H3,(H,19,21)(H2,18,20,22). The molecule has 0 aromatic heterocycles. The number of urea groups is 1. The Labute approximate surface area is 136 Å². The van der Waals surface area contributed by atoms with Gasteiger partial charge in [0.05, 0.1) is 0 Å². The van der Waals surface area contributed by atoms with Crippen LogP contribution in [0.4, 0.5) is 4.79 Å². The van der Waals surface area contributed by atoms with Gasteiger partial charge in [0.15, 0.2) is 0 Å². The van der Waals surface area contributed by atoms with E-state index < -0.39 is 5.54 Å². The van der Waals surface area contributed by atoms with Gasteiger partial charge >= 0.3 is 6.03 Å². The molecule has 0 aromatic carbocycles. The molecule has 0 saturated heterocycles. The Morgan fingerprint density at radius 1 is 1.00 bits per heavy atom. The van der Waals surface area contributed by atoms with E-state index in [-0.39, 0.29) is 17.5 Å². The summed E-state index contributed by atoms with van der Waals surface area (Å²) >= 11 is 0. The lowest BCUT2D eigenvalue weighted by atomic mass is 9.86. The zero-order valence-corrected chi connectivity index (χ0v) is 15.4. The topological polar surface area (TPSA) is 70.2 Å². The highest BCUT2D eigenvalue weighted by Crippen LogP contribution is 2.20. The van der Waals surface area contributed by atoms with E-state index in [0.29, 0.717) is 25.3 Å². The molecule has 0 aliphatic rings. The molecule has 3 N–H and O–H groups in total. The van der Waals surface area contributed by atoms with E-state index in [1.807, 2.05) is 34.6 Å². The van der Waals surface area contributed by atoms with Crippen molar-refractivity contribution in [3.05, 3.63) is 0 Å². The Bertz CT molecular complexity index is 365. The van der Waals surface area contributed by atoms with Crippen molar-refractivity contribution in [3.8, 4) is 0 Å². The van der Waals surface area contributed by atoms with Crippen molar-refractivity contribution >= 4 is 11.9 Å². The normalized spacial score (nSPS) is 13.4. The number of nitrogens with one attached hydrogen (secondary N) is 3. The van der Waals surface area contributed by atoms with E-state index in [9.17, 15) is 9.59 Å². The van der Waals surface area contributed by atoms with Crippen molar-refractivity contribution in [3.63, 3.8) is 0 Å². The fraction of sp³-hybridized carbons (Fsp3) is 0.882. The van der Waals surface area contributed by atoms with E-state index in [1.54, 1.807) is 0 Å². The minimum absolute atomic E-state index is 0.0746. The fourth-order valence-electron chi connectivity index (χ4n) is 2.67. The summed E-state index contributed by atoms with van der Waals surface area (Å²) in [5.74, 6) is 0.465. The molecule has 0 saturated carbocycles. The summed E-state index contributed by atoms with van der Waals surface area (Å²) in [5.41, 5.74) is -0.767. The molecule has 5 nitrogen and oxygen atoms in total. The van der Waals surface area contributed by atoms with Crippen LogP contribution in [0.25, 0.3) is 0 Å². The average Bonchev–Trinajstić information content (AvgIpc) is 2.32. The summed E-state index contributed by atoms with van der Waals surface area (Å²) < 4.78 is 0. The number of hydrogen-bond donors (Lipinski definition) is 3. The second-order valence-corrected chi connectivity index (χ2v) is 7.59. The molecule has 0 radical (unpaired) electrons. The Balaban J connectivity index is 4.47. The molecule has 0 aromatic rings. The van der Waals surface area contributed by atoms with E-state index in [2.05, 4.69) is 29.8 Å². The van der Waals surface area contributed by atoms with Gasteiger partial charge < -0.3 is 16.0 Å². The minimum atomic E-state index is -0.398. The number of rotatable bonds is 9. The lowest BCUT2D eigenvalue weighted by Gasteiger charge is -2.36. The van der Waals surface area contributed by atoms with Crippen LogP contribution in [0.2, 0.25) is 0 Å². The third-order valence-corrected chi connectivity index (χ3v) is 3.58. The van der Waals surface area contributed by atoms with Gasteiger partial charge in [-0.05, 0) is 46.5 Å². The maximum Gasteiger partial charge on any atom is 0.315 e. The lowest BCUT2D eigenvalue weighted by molar-refractivity contribution is -0.123. The van der Waals surface area contributed by atoms with Crippen LogP contribution in [0.1, 0.15) is 74.1 Å². The zero-order chi connectivity index (χ0) is 17.4. The Morgan fingerprint density at radius 3 is 2.05 bits per heavy atom. The van der Waals surface area contributed by atoms with Gasteiger partial charge in [-0.1, -0.05) is 27.2 Å². The van der Waals surface area contributed by atoms with Crippen molar-refractivity contribution < 1.29 is 9.59 Å². The van der Waals surface area contributed by atoms with E-state index in [0.717, 1.165) is 12.8 Å².